The van der Waals surface area contributed by atoms with E-state index in [4.69, 9.17) is 15.5 Å². The lowest BCUT2D eigenvalue weighted by atomic mass is 9.90. The summed E-state index contributed by atoms with van der Waals surface area (Å²) in [4.78, 5) is 4.90. The van der Waals surface area contributed by atoms with Crippen molar-refractivity contribution in [1.82, 2.24) is 4.98 Å². The van der Waals surface area contributed by atoms with Gasteiger partial charge in [0, 0.05) is 25.0 Å². The molecule has 0 amide bonds. The molecule has 1 aromatic rings. The van der Waals surface area contributed by atoms with Crippen LogP contribution in [0.3, 0.4) is 0 Å². The molecule has 0 spiro atoms. The lowest BCUT2D eigenvalue weighted by molar-refractivity contribution is 0.0847. The quantitative estimate of drug-likeness (QED) is 0.888. The van der Waals surface area contributed by atoms with Crippen molar-refractivity contribution >= 4 is 16.3 Å². The Morgan fingerprint density at radius 1 is 1.00 bits per heavy atom. The first-order valence-electron chi connectivity index (χ1n) is 7.18. The fourth-order valence-electron chi connectivity index (χ4n) is 3.15. The number of rotatable bonds is 2. The van der Waals surface area contributed by atoms with E-state index in [9.17, 15) is 0 Å². The van der Waals surface area contributed by atoms with Crippen molar-refractivity contribution in [3.8, 4) is 0 Å². The summed E-state index contributed by atoms with van der Waals surface area (Å²) in [6.45, 7) is 1.72. The van der Waals surface area contributed by atoms with E-state index in [1.807, 2.05) is 0 Å². The van der Waals surface area contributed by atoms with Crippen molar-refractivity contribution in [3.05, 3.63) is 10.7 Å². The van der Waals surface area contributed by atoms with Gasteiger partial charge in [-0.1, -0.05) is 19.3 Å². The predicted molar refractivity (Wildman–Crippen MR) is 75.1 cm³/mol. The first-order chi connectivity index (χ1) is 8.84. The number of anilines is 1. The highest BCUT2D eigenvalue weighted by Gasteiger charge is 2.25. The Kier molecular flexibility index (Phi) is 3.85. The molecular weight excluding hydrogens is 244 g/mol. The van der Waals surface area contributed by atoms with Gasteiger partial charge in [0.2, 0.25) is 0 Å². The summed E-state index contributed by atoms with van der Waals surface area (Å²) in [6.07, 6.45) is 8.88. The first-order valence-corrected chi connectivity index (χ1v) is 8.00. The molecule has 0 radical (unpaired) electrons. The topological polar surface area (TPSA) is 48.1 Å². The number of nitrogens with two attached hydrogens (primary N) is 1. The summed E-state index contributed by atoms with van der Waals surface area (Å²) in [5.74, 6) is 1.21. The third kappa shape index (κ3) is 2.54. The van der Waals surface area contributed by atoms with Gasteiger partial charge in [0.05, 0.1) is 10.7 Å². The van der Waals surface area contributed by atoms with Crippen molar-refractivity contribution in [3.63, 3.8) is 0 Å². The molecule has 0 bridgehead atoms. The van der Waals surface area contributed by atoms with Crippen molar-refractivity contribution in [2.75, 3.05) is 18.9 Å². The van der Waals surface area contributed by atoms with Crippen molar-refractivity contribution < 1.29 is 4.74 Å². The summed E-state index contributed by atoms with van der Waals surface area (Å²) in [5, 5.41) is 2.26. The molecule has 1 saturated heterocycles. The van der Waals surface area contributed by atoms with E-state index in [0.717, 1.165) is 31.1 Å². The second kappa shape index (κ2) is 5.57. The number of aromatic nitrogens is 1. The normalized spacial score (nSPS) is 23.3. The number of thiazole rings is 1. The maximum Gasteiger partial charge on any atom is 0.110 e. The summed E-state index contributed by atoms with van der Waals surface area (Å²) < 4.78 is 5.42. The van der Waals surface area contributed by atoms with Crippen LogP contribution in [0.5, 0.6) is 0 Å². The van der Waals surface area contributed by atoms with Gasteiger partial charge in [-0.2, -0.15) is 0 Å². The molecule has 0 atom stereocenters. The molecule has 3 nitrogen and oxygen atoms in total. The first kappa shape index (κ1) is 12.4. The van der Waals surface area contributed by atoms with Crippen LogP contribution in [0, 0.1) is 0 Å². The smallest absolute Gasteiger partial charge is 0.110 e. The Hall–Kier alpha value is -0.610. The molecule has 1 aliphatic heterocycles. The standard InChI is InChI=1S/C14H22N2OS/c15-13-12(10-6-8-17-9-7-10)16-14(18-13)11-4-2-1-3-5-11/h10-11H,1-9,15H2. The maximum atomic E-state index is 6.19. The molecule has 1 saturated carbocycles. The second-order valence-electron chi connectivity index (χ2n) is 5.52. The van der Waals surface area contributed by atoms with Crippen LogP contribution in [-0.2, 0) is 4.74 Å². The number of hydrogen-bond donors (Lipinski definition) is 1. The molecule has 1 aliphatic carbocycles. The number of ether oxygens (including phenoxy) is 1. The van der Waals surface area contributed by atoms with Gasteiger partial charge >= 0.3 is 0 Å². The van der Waals surface area contributed by atoms with Gasteiger partial charge in [-0.15, -0.1) is 11.3 Å². The van der Waals surface area contributed by atoms with Gasteiger partial charge in [-0.05, 0) is 25.7 Å². The Morgan fingerprint density at radius 2 is 1.72 bits per heavy atom. The largest absolute Gasteiger partial charge is 0.389 e. The summed E-state index contributed by atoms with van der Waals surface area (Å²) >= 11 is 1.74. The fraction of sp³-hybridized carbons (Fsp3) is 0.786. The highest BCUT2D eigenvalue weighted by atomic mass is 32.1. The predicted octanol–water partition coefficient (Wildman–Crippen LogP) is 3.67. The van der Waals surface area contributed by atoms with Crippen LogP contribution in [0.15, 0.2) is 0 Å². The molecule has 1 aromatic heterocycles. The Bertz CT molecular complexity index is 392. The molecule has 2 N–H and O–H groups in total. The molecular formula is C14H22N2OS. The van der Waals surface area contributed by atoms with Gasteiger partial charge < -0.3 is 10.5 Å². The zero-order valence-electron chi connectivity index (χ0n) is 10.9. The minimum Gasteiger partial charge on any atom is -0.389 e. The molecule has 2 heterocycles. The maximum absolute atomic E-state index is 6.19. The number of nitrogen functional groups attached to an aromatic ring is 1. The van der Waals surface area contributed by atoms with Crippen LogP contribution in [-0.4, -0.2) is 18.2 Å². The lowest BCUT2D eigenvalue weighted by Crippen LogP contribution is -2.15. The second-order valence-corrected chi connectivity index (χ2v) is 6.59. The Labute approximate surface area is 113 Å². The number of hydrogen-bond acceptors (Lipinski definition) is 4. The average Bonchev–Trinajstić information content (AvgIpc) is 2.83. The Balaban J connectivity index is 1.76. The minimum absolute atomic E-state index is 0.535. The van der Waals surface area contributed by atoms with Gasteiger partial charge in [0.15, 0.2) is 0 Å². The highest BCUT2D eigenvalue weighted by Crippen LogP contribution is 2.40. The fourth-order valence-corrected chi connectivity index (χ4v) is 4.24. The van der Waals surface area contributed by atoms with Gasteiger partial charge in [0.25, 0.3) is 0 Å². The molecule has 0 unspecified atom stereocenters. The average molecular weight is 266 g/mol. The molecule has 2 aliphatic rings. The molecule has 4 heteroatoms. The third-order valence-corrected chi connectivity index (χ3v) is 5.32. The van der Waals surface area contributed by atoms with Crippen molar-refractivity contribution in [2.24, 2.45) is 0 Å². The van der Waals surface area contributed by atoms with Crippen molar-refractivity contribution in [2.45, 2.75) is 56.8 Å². The van der Waals surface area contributed by atoms with Crippen LogP contribution in [0.4, 0.5) is 5.00 Å². The van der Waals surface area contributed by atoms with Gasteiger partial charge in [-0.25, -0.2) is 4.98 Å². The van der Waals surface area contributed by atoms with Gasteiger partial charge in [0.1, 0.15) is 5.00 Å². The van der Waals surface area contributed by atoms with Crippen LogP contribution >= 0.6 is 11.3 Å². The van der Waals surface area contributed by atoms with Crippen LogP contribution in [0.25, 0.3) is 0 Å². The van der Waals surface area contributed by atoms with E-state index < -0.39 is 0 Å². The summed E-state index contributed by atoms with van der Waals surface area (Å²) in [7, 11) is 0. The van der Waals surface area contributed by atoms with Crippen molar-refractivity contribution in [1.29, 1.82) is 0 Å². The van der Waals surface area contributed by atoms with Crippen LogP contribution in [0.1, 0.15) is 67.5 Å². The molecule has 3 rings (SSSR count). The van der Waals surface area contributed by atoms with E-state index >= 15 is 0 Å². The monoisotopic (exact) mass is 266 g/mol. The van der Waals surface area contributed by atoms with Crippen LogP contribution < -0.4 is 5.73 Å². The van der Waals surface area contributed by atoms with E-state index in [1.54, 1.807) is 11.3 Å². The number of nitrogens with zero attached hydrogens (tertiary/aromatic N) is 1. The summed E-state index contributed by atoms with van der Waals surface area (Å²) in [5.41, 5.74) is 7.36. The van der Waals surface area contributed by atoms with Crippen LogP contribution in [0.2, 0.25) is 0 Å². The SMILES string of the molecule is Nc1sc(C2CCCCC2)nc1C1CCOCC1. The lowest BCUT2D eigenvalue weighted by Gasteiger charge is -2.21. The zero-order chi connectivity index (χ0) is 12.4. The zero-order valence-corrected chi connectivity index (χ0v) is 11.7. The highest BCUT2D eigenvalue weighted by molar-refractivity contribution is 7.15. The molecule has 2 fully saturated rings. The Morgan fingerprint density at radius 3 is 2.44 bits per heavy atom. The summed E-state index contributed by atoms with van der Waals surface area (Å²) in [6, 6.07) is 0. The van der Waals surface area contributed by atoms with E-state index in [-0.39, 0.29) is 0 Å². The molecule has 100 valence electrons. The van der Waals surface area contributed by atoms with E-state index in [2.05, 4.69) is 0 Å². The van der Waals surface area contributed by atoms with E-state index in [1.165, 1.54) is 42.8 Å². The molecule has 0 aromatic carbocycles. The van der Waals surface area contributed by atoms with E-state index in [0.29, 0.717) is 11.8 Å². The van der Waals surface area contributed by atoms with Gasteiger partial charge in [-0.3, -0.25) is 0 Å². The minimum atomic E-state index is 0.535. The molecule has 18 heavy (non-hydrogen) atoms. The third-order valence-electron chi connectivity index (χ3n) is 4.26.